The van der Waals surface area contributed by atoms with Gasteiger partial charge in [-0.15, -0.1) is 0 Å². The van der Waals surface area contributed by atoms with E-state index in [1.807, 2.05) is 12.5 Å². The Balaban J connectivity index is 1.49. The van der Waals surface area contributed by atoms with Crippen LogP contribution in [-0.2, 0) is 4.74 Å². The van der Waals surface area contributed by atoms with Gasteiger partial charge in [0.1, 0.15) is 0 Å². The smallest absolute Gasteiger partial charge is 0.0956 e. The summed E-state index contributed by atoms with van der Waals surface area (Å²) in [6, 6.07) is 0.285. The van der Waals surface area contributed by atoms with Crippen molar-refractivity contribution in [2.45, 2.75) is 44.2 Å². The minimum atomic E-state index is -0.209. The van der Waals surface area contributed by atoms with Gasteiger partial charge in [-0.05, 0) is 43.3 Å². The zero-order chi connectivity index (χ0) is 14.7. The van der Waals surface area contributed by atoms with Gasteiger partial charge in [-0.25, -0.2) is 4.98 Å². The Morgan fingerprint density at radius 2 is 2.18 bits per heavy atom. The molecule has 0 amide bonds. The van der Waals surface area contributed by atoms with E-state index in [-0.39, 0.29) is 17.6 Å². The third kappa shape index (κ3) is 1.57. The van der Waals surface area contributed by atoms with E-state index < -0.39 is 0 Å². The SMILES string of the molecule is O[C@@H]1[C@@H]([C@H]2C3=C(CCC=C3)c3cncn32)CC12CCOCC2. The van der Waals surface area contributed by atoms with Crippen LogP contribution in [0.1, 0.15) is 43.8 Å². The zero-order valence-corrected chi connectivity index (χ0v) is 12.7. The van der Waals surface area contributed by atoms with Gasteiger partial charge in [0.15, 0.2) is 0 Å². The van der Waals surface area contributed by atoms with E-state index in [9.17, 15) is 5.11 Å². The molecule has 4 heteroatoms. The van der Waals surface area contributed by atoms with Gasteiger partial charge >= 0.3 is 0 Å². The van der Waals surface area contributed by atoms with Crippen LogP contribution in [0.15, 0.2) is 30.2 Å². The number of aromatic nitrogens is 2. The summed E-state index contributed by atoms with van der Waals surface area (Å²) in [7, 11) is 0. The fourth-order valence-electron chi connectivity index (χ4n) is 5.14. The van der Waals surface area contributed by atoms with Crippen molar-refractivity contribution >= 4 is 5.57 Å². The topological polar surface area (TPSA) is 47.3 Å². The number of fused-ring (bicyclic) bond motifs is 2. The molecule has 2 fully saturated rings. The van der Waals surface area contributed by atoms with E-state index in [1.165, 1.54) is 16.8 Å². The monoisotopic (exact) mass is 298 g/mol. The molecule has 0 bridgehead atoms. The maximum absolute atomic E-state index is 11.0. The predicted octanol–water partition coefficient (Wildman–Crippen LogP) is 2.72. The van der Waals surface area contributed by atoms with Crippen molar-refractivity contribution in [3.63, 3.8) is 0 Å². The number of aliphatic hydroxyl groups is 1. The van der Waals surface area contributed by atoms with Gasteiger partial charge in [-0.2, -0.15) is 0 Å². The molecule has 3 atom stereocenters. The molecule has 0 aromatic carbocycles. The van der Waals surface area contributed by atoms with Crippen LogP contribution >= 0.6 is 0 Å². The lowest BCUT2D eigenvalue weighted by atomic mass is 9.53. The first-order valence-corrected chi connectivity index (χ1v) is 8.48. The summed E-state index contributed by atoms with van der Waals surface area (Å²) >= 11 is 0. The quantitative estimate of drug-likeness (QED) is 0.867. The second-order valence-corrected chi connectivity index (χ2v) is 7.29. The Morgan fingerprint density at radius 3 is 3.00 bits per heavy atom. The maximum Gasteiger partial charge on any atom is 0.0956 e. The van der Waals surface area contributed by atoms with E-state index in [2.05, 4.69) is 21.7 Å². The standard InChI is InChI=1S/C18H22N2O2/c21-17-14(9-18(17)5-7-22-8-6-18)16-13-4-2-1-3-12(13)15-10-19-11-20(15)16/h2,4,10-11,14,16-17,21H,1,3,5-9H2/t14-,16-,17-/m1/s1. The largest absolute Gasteiger partial charge is 0.392 e. The Hall–Kier alpha value is -1.39. The number of allylic oxidation sites excluding steroid dienone is 4. The average molecular weight is 298 g/mol. The maximum atomic E-state index is 11.0. The lowest BCUT2D eigenvalue weighted by Crippen LogP contribution is -2.57. The van der Waals surface area contributed by atoms with E-state index in [0.29, 0.717) is 5.92 Å². The number of aliphatic hydroxyl groups excluding tert-OH is 1. The van der Waals surface area contributed by atoms with Crippen molar-refractivity contribution in [1.29, 1.82) is 0 Å². The second-order valence-electron chi connectivity index (χ2n) is 7.29. The van der Waals surface area contributed by atoms with Gasteiger partial charge in [0.05, 0.1) is 30.4 Å². The molecule has 1 saturated heterocycles. The number of imidazole rings is 1. The number of ether oxygens (including phenoxy) is 1. The van der Waals surface area contributed by atoms with Crippen molar-refractivity contribution in [3.05, 3.63) is 35.9 Å². The Bertz CT molecular complexity index is 666. The Labute approximate surface area is 130 Å². The minimum absolute atomic E-state index is 0.116. The van der Waals surface area contributed by atoms with Gasteiger partial charge < -0.3 is 14.4 Å². The second kappa shape index (κ2) is 4.56. The van der Waals surface area contributed by atoms with Crippen LogP contribution in [0.25, 0.3) is 5.57 Å². The zero-order valence-electron chi connectivity index (χ0n) is 12.7. The van der Waals surface area contributed by atoms with E-state index in [0.717, 1.165) is 45.3 Å². The summed E-state index contributed by atoms with van der Waals surface area (Å²) in [5.74, 6) is 0.321. The van der Waals surface area contributed by atoms with Crippen LogP contribution in [0.3, 0.4) is 0 Å². The van der Waals surface area contributed by atoms with Gasteiger partial charge in [0, 0.05) is 24.5 Å². The number of nitrogens with zero attached hydrogens (tertiary/aromatic N) is 2. The Morgan fingerprint density at radius 1 is 1.32 bits per heavy atom. The molecule has 3 heterocycles. The summed E-state index contributed by atoms with van der Waals surface area (Å²) in [5.41, 5.74) is 4.26. The highest BCUT2D eigenvalue weighted by Gasteiger charge is 2.57. The third-order valence-electron chi connectivity index (χ3n) is 6.37. The van der Waals surface area contributed by atoms with Crippen molar-refractivity contribution in [3.8, 4) is 0 Å². The molecule has 4 aliphatic rings. The first-order chi connectivity index (χ1) is 10.8. The fraction of sp³-hybridized carbons (Fsp3) is 0.611. The highest BCUT2D eigenvalue weighted by atomic mass is 16.5. The van der Waals surface area contributed by atoms with Gasteiger partial charge in [-0.1, -0.05) is 12.2 Å². The molecular weight excluding hydrogens is 276 g/mol. The van der Waals surface area contributed by atoms with Crippen LogP contribution < -0.4 is 0 Å². The number of hydrogen-bond acceptors (Lipinski definition) is 3. The molecule has 2 aliphatic heterocycles. The van der Waals surface area contributed by atoms with Gasteiger partial charge in [0.25, 0.3) is 0 Å². The van der Waals surface area contributed by atoms with Crippen molar-refractivity contribution < 1.29 is 9.84 Å². The van der Waals surface area contributed by atoms with Crippen molar-refractivity contribution in [1.82, 2.24) is 9.55 Å². The van der Waals surface area contributed by atoms with E-state index in [4.69, 9.17) is 4.74 Å². The Kier molecular flexibility index (Phi) is 2.71. The van der Waals surface area contributed by atoms with Crippen LogP contribution in [0.4, 0.5) is 0 Å². The van der Waals surface area contributed by atoms with Crippen LogP contribution in [0.2, 0.25) is 0 Å². The molecule has 4 nitrogen and oxygen atoms in total. The molecule has 2 aliphatic carbocycles. The third-order valence-corrected chi connectivity index (χ3v) is 6.37. The molecule has 0 unspecified atom stereocenters. The summed E-state index contributed by atoms with van der Waals surface area (Å²) in [6.07, 6.45) is 13.7. The van der Waals surface area contributed by atoms with Gasteiger partial charge in [-0.3, -0.25) is 0 Å². The molecule has 116 valence electrons. The summed E-state index contributed by atoms with van der Waals surface area (Å²) in [6.45, 7) is 1.61. The lowest BCUT2D eigenvalue weighted by Gasteiger charge is -2.56. The van der Waals surface area contributed by atoms with E-state index >= 15 is 0 Å². The van der Waals surface area contributed by atoms with Crippen molar-refractivity contribution in [2.75, 3.05) is 13.2 Å². The van der Waals surface area contributed by atoms with E-state index in [1.54, 1.807) is 0 Å². The number of rotatable bonds is 1. The summed E-state index contributed by atoms with van der Waals surface area (Å²) < 4.78 is 7.80. The van der Waals surface area contributed by atoms with Crippen LogP contribution in [0, 0.1) is 11.3 Å². The molecule has 1 aromatic rings. The number of hydrogen-bond donors (Lipinski definition) is 1. The minimum Gasteiger partial charge on any atom is -0.392 e. The predicted molar refractivity (Wildman–Crippen MR) is 83.2 cm³/mol. The molecule has 1 aromatic heterocycles. The summed E-state index contributed by atoms with van der Waals surface area (Å²) in [5, 5.41) is 11.0. The van der Waals surface area contributed by atoms with Crippen LogP contribution in [0.5, 0.6) is 0 Å². The fourth-order valence-corrected chi connectivity index (χ4v) is 5.14. The molecule has 1 saturated carbocycles. The lowest BCUT2D eigenvalue weighted by molar-refractivity contribution is -0.173. The van der Waals surface area contributed by atoms with Crippen molar-refractivity contribution in [2.24, 2.45) is 11.3 Å². The molecule has 1 N–H and O–H groups in total. The highest BCUT2D eigenvalue weighted by Crippen LogP contribution is 2.59. The highest BCUT2D eigenvalue weighted by molar-refractivity contribution is 5.74. The summed E-state index contributed by atoms with van der Waals surface area (Å²) in [4.78, 5) is 4.36. The molecule has 22 heavy (non-hydrogen) atoms. The van der Waals surface area contributed by atoms with Crippen LogP contribution in [-0.4, -0.2) is 34.0 Å². The molecule has 1 spiro atoms. The molecule has 5 rings (SSSR count). The van der Waals surface area contributed by atoms with Gasteiger partial charge in [0.2, 0.25) is 0 Å². The molecule has 0 radical (unpaired) electrons. The first-order valence-electron chi connectivity index (χ1n) is 8.48. The molecular formula is C18H22N2O2. The first kappa shape index (κ1) is 13.1. The normalized spacial score (nSPS) is 35.4. The average Bonchev–Trinajstić information content (AvgIpc) is 3.14.